The number of methoxy groups -OCH3 is 1. The van der Waals surface area contributed by atoms with E-state index in [1.54, 1.807) is 36.4 Å². The fourth-order valence-corrected chi connectivity index (χ4v) is 6.74. The lowest BCUT2D eigenvalue weighted by molar-refractivity contribution is -0.122. The Hall–Kier alpha value is -4.48. The highest BCUT2D eigenvalue weighted by atomic mass is 35.5. The van der Waals surface area contributed by atoms with E-state index in [9.17, 15) is 26.8 Å². The smallest absolute Gasteiger partial charge is 0.337 e. The molecule has 0 aliphatic carbocycles. The van der Waals surface area contributed by atoms with E-state index < -0.39 is 39.6 Å². The maximum Gasteiger partial charge on any atom is 0.337 e. The summed E-state index contributed by atoms with van der Waals surface area (Å²) in [7, 11) is -3.01. The number of hydrogen-bond acceptors (Lipinski definition) is 6. The monoisotopic (exact) mass is 626 g/mol. The maximum absolute atomic E-state index is 14.3. The van der Waals surface area contributed by atoms with Crippen LogP contribution in [0.25, 0.3) is 11.1 Å². The third kappa shape index (κ3) is 6.18. The summed E-state index contributed by atoms with van der Waals surface area (Å²) in [4.78, 5) is 24.8. The summed E-state index contributed by atoms with van der Waals surface area (Å²) in [6, 6.07) is 19.3. The molecule has 4 aromatic rings. The van der Waals surface area contributed by atoms with Crippen LogP contribution >= 0.6 is 11.6 Å². The van der Waals surface area contributed by atoms with Crippen molar-refractivity contribution in [3.8, 4) is 16.9 Å². The predicted octanol–water partition coefficient (Wildman–Crippen LogP) is 5.39. The molecular weight excluding hydrogens is 602 g/mol. The van der Waals surface area contributed by atoms with Crippen molar-refractivity contribution in [3.63, 3.8) is 0 Å². The number of benzene rings is 4. The first-order valence-corrected chi connectivity index (χ1v) is 14.9. The lowest BCUT2D eigenvalue weighted by Gasteiger charge is -2.26. The summed E-state index contributed by atoms with van der Waals surface area (Å²) in [6.07, 6.45) is 0.148. The van der Waals surface area contributed by atoms with E-state index in [1.165, 1.54) is 49.6 Å². The molecule has 1 aliphatic rings. The highest BCUT2D eigenvalue weighted by Crippen LogP contribution is 2.37. The topological polar surface area (TPSA) is 102 Å². The van der Waals surface area contributed by atoms with E-state index in [2.05, 4.69) is 10.1 Å². The number of sulfonamides is 1. The zero-order chi connectivity index (χ0) is 30.7. The fourth-order valence-electron chi connectivity index (χ4n) is 4.81. The van der Waals surface area contributed by atoms with Gasteiger partial charge in [-0.1, -0.05) is 41.9 Å². The van der Waals surface area contributed by atoms with Gasteiger partial charge in [0.1, 0.15) is 18.5 Å². The van der Waals surface area contributed by atoms with Crippen molar-refractivity contribution in [2.24, 2.45) is 0 Å². The molecule has 222 valence electrons. The molecule has 0 unspecified atom stereocenters. The first-order chi connectivity index (χ1) is 20.6. The summed E-state index contributed by atoms with van der Waals surface area (Å²) in [5.41, 5.74) is 2.23. The molecule has 4 aromatic carbocycles. The third-order valence-electron chi connectivity index (χ3n) is 6.89. The van der Waals surface area contributed by atoms with E-state index in [0.29, 0.717) is 22.4 Å². The number of esters is 1. The van der Waals surface area contributed by atoms with Gasteiger partial charge in [-0.25, -0.2) is 22.0 Å². The molecule has 1 atom stereocenters. The first kappa shape index (κ1) is 30.0. The van der Waals surface area contributed by atoms with Gasteiger partial charge in [0.05, 0.1) is 34.8 Å². The van der Waals surface area contributed by atoms with Crippen LogP contribution in [-0.2, 0) is 26.0 Å². The Morgan fingerprint density at radius 2 is 1.74 bits per heavy atom. The van der Waals surface area contributed by atoms with E-state index in [-0.39, 0.29) is 40.8 Å². The number of carbonyl (C=O) groups excluding carboxylic acids is 2. The Labute approximate surface area is 251 Å². The molecule has 0 saturated heterocycles. The summed E-state index contributed by atoms with van der Waals surface area (Å²) >= 11 is 6.17. The van der Waals surface area contributed by atoms with Crippen molar-refractivity contribution in [1.82, 2.24) is 5.32 Å². The van der Waals surface area contributed by atoms with Gasteiger partial charge in [-0.3, -0.25) is 9.10 Å². The number of fused-ring (bicyclic) bond motifs is 1. The molecule has 0 spiro atoms. The largest absolute Gasteiger partial charge is 0.489 e. The number of halogens is 3. The number of nitrogens with zero attached hydrogens (tertiary/aromatic N) is 1. The van der Waals surface area contributed by atoms with Gasteiger partial charge in [0.25, 0.3) is 10.0 Å². The van der Waals surface area contributed by atoms with Crippen LogP contribution < -0.4 is 14.4 Å². The molecule has 8 nitrogen and oxygen atoms in total. The van der Waals surface area contributed by atoms with E-state index >= 15 is 0 Å². The van der Waals surface area contributed by atoms with Gasteiger partial charge in [-0.2, -0.15) is 0 Å². The summed E-state index contributed by atoms with van der Waals surface area (Å²) in [6.45, 7) is -0.148. The number of rotatable bonds is 9. The normalized spacial score (nSPS) is 14.2. The summed E-state index contributed by atoms with van der Waals surface area (Å²) < 4.78 is 66.6. The van der Waals surface area contributed by atoms with Crippen molar-refractivity contribution in [2.75, 3.05) is 24.6 Å². The second-order valence-corrected chi connectivity index (χ2v) is 11.8. The molecular formula is C31H25ClF2N2O6S. The van der Waals surface area contributed by atoms with Gasteiger partial charge in [0.15, 0.2) is 11.6 Å². The second-order valence-electron chi connectivity index (χ2n) is 9.57. The number of amides is 1. The van der Waals surface area contributed by atoms with Gasteiger partial charge < -0.3 is 14.8 Å². The molecule has 0 fully saturated rings. The Balaban J connectivity index is 1.31. The van der Waals surface area contributed by atoms with Gasteiger partial charge >= 0.3 is 5.97 Å². The summed E-state index contributed by atoms with van der Waals surface area (Å²) in [5, 5.41) is 2.86. The first-order valence-electron chi connectivity index (χ1n) is 13.1. The van der Waals surface area contributed by atoms with Crippen molar-refractivity contribution in [3.05, 3.63) is 113 Å². The minimum atomic E-state index is -4.19. The average molecular weight is 627 g/mol. The van der Waals surface area contributed by atoms with Crippen molar-refractivity contribution < 1.29 is 36.3 Å². The number of carbonyl (C=O) groups is 2. The highest BCUT2D eigenvalue weighted by Gasteiger charge is 2.42. The lowest BCUT2D eigenvalue weighted by Crippen LogP contribution is -2.48. The Bertz CT molecular complexity index is 1800. The predicted molar refractivity (Wildman–Crippen MR) is 157 cm³/mol. The fraction of sp³-hybridized carbons (Fsp3) is 0.161. The van der Waals surface area contributed by atoms with Crippen LogP contribution in [0.2, 0.25) is 5.02 Å². The molecule has 43 heavy (non-hydrogen) atoms. The molecule has 0 aromatic heterocycles. The van der Waals surface area contributed by atoms with Crippen LogP contribution in [0.1, 0.15) is 15.9 Å². The zero-order valence-electron chi connectivity index (χ0n) is 22.7. The molecule has 1 amide bonds. The van der Waals surface area contributed by atoms with Crippen LogP contribution in [0.3, 0.4) is 0 Å². The van der Waals surface area contributed by atoms with Crippen LogP contribution in [0.15, 0.2) is 89.8 Å². The number of nitrogens with one attached hydrogen (secondary N) is 1. The third-order valence-corrected chi connectivity index (χ3v) is 9.04. The van der Waals surface area contributed by atoms with Crippen molar-refractivity contribution in [2.45, 2.75) is 17.4 Å². The number of anilines is 1. The summed E-state index contributed by atoms with van der Waals surface area (Å²) in [5.74, 6) is -2.63. The molecule has 0 radical (unpaired) electrons. The Morgan fingerprint density at radius 3 is 2.44 bits per heavy atom. The minimum Gasteiger partial charge on any atom is -0.489 e. The Kier molecular flexibility index (Phi) is 8.65. The molecule has 1 heterocycles. The minimum absolute atomic E-state index is 0.0247. The number of ether oxygens (including phenoxy) is 2. The van der Waals surface area contributed by atoms with Crippen LogP contribution in [-0.4, -0.2) is 46.6 Å². The molecule has 0 bridgehead atoms. The number of para-hydroxylation sites is 1. The quantitative estimate of drug-likeness (QED) is 0.198. The standard InChI is InChI=1S/C31H25ClF2N2O6S/c1-41-31(38)21-8-13-29(26(34)16-21)42-15-14-35-30(37)28-17-20-4-2-3-5-27(20)36(28)43(39,40)23-10-6-19(7-11-23)24-12-9-22(33)18-25(24)32/h2-13,16,18,28H,14-15,17H2,1H3,(H,35,37)/t28-/m0/s1. The molecule has 12 heteroatoms. The lowest BCUT2D eigenvalue weighted by atomic mass is 10.1. The second kappa shape index (κ2) is 12.4. The Morgan fingerprint density at radius 1 is 1.00 bits per heavy atom. The molecule has 1 N–H and O–H groups in total. The van der Waals surface area contributed by atoms with Gasteiger partial charge in [-0.05, 0) is 65.7 Å². The number of hydrogen-bond donors (Lipinski definition) is 1. The molecule has 1 aliphatic heterocycles. The zero-order valence-corrected chi connectivity index (χ0v) is 24.3. The van der Waals surface area contributed by atoms with E-state index in [4.69, 9.17) is 16.3 Å². The maximum atomic E-state index is 14.3. The van der Waals surface area contributed by atoms with Crippen molar-refractivity contribution >= 4 is 39.2 Å². The van der Waals surface area contributed by atoms with Gasteiger partial charge in [0.2, 0.25) is 5.91 Å². The average Bonchev–Trinajstić information content (AvgIpc) is 3.40. The van der Waals surface area contributed by atoms with Gasteiger partial charge in [-0.15, -0.1) is 0 Å². The van der Waals surface area contributed by atoms with Crippen molar-refractivity contribution in [1.29, 1.82) is 0 Å². The van der Waals surface area contributed by atoms with Crippen LogP contribution in [0.5, 0.6) is 5.75 Å². The molecule has 5 rings (SSSR count). The molecule has 0 saturated carbocycles. The van der Waals surface area contributed by atoms with Gasteiger partial charge in [0, 0.05) is 12.0 Å². The van der Waals surface area contributed by atoms with E-state index in [1.807, 2.05) is 0 Å². The van der Waals surface area contributed by atoms with Crippen LogP contribution in [0.4, 0.5) is 14.5 Å². The highest BCUT2D eigenvalue weighted by molar-refractivity contribution is 7.93. The SMILES string of the molecule is COC(=O)c1ccc(OCCNC(=O)[C@@H]2Cc3ccccc3N2S(=O)(=O)c2ccc(-c3ccc(F)cc3Cl)cc2)c(F)c1. The van der Waals surface area contributed by atoms with Crippen LogP contribution in [0, 0.1) is 11.6 Å². The van der Waals surface area contributed by atoms with E-state index in [0.717, 1.165) is 10.4 Å².